The van der Waals surface area contributed by atoms with Gasteiger partial charge in [0.2, 0.25) is 23.6 Å². The first-order valence-electron chi connectivity index (χ1n) is 18.0. The summed E-state index contributed by atoms with van der Waals surface area (Å²) in [6.45, 7) is 0. The van der Waals surface area contributed by atoms with Gasteiger partial charge in [0.1, 0.15) is 11.5 Å². The minimum atomic E-state index is -1.66. The molecule has 4 aromatic rings. The number of phenolic OH excluding ortho intramolecular Hbond substituents is 1. The maximum Gasteiger partial charge on any atom is 0.301 e. The van der Waals surface area contributed by atoms with E-state index in [1.807, 2.05) is 0 Å². The number of halogens is 1. The molecule has 2 saturated heterocycles. The molecule has 290 valence electrons. The number of rotatable bonds is 8. The van der Waals surface area contributed by atoms with Gasteiger partial charge in [-0.2, -0.15) is 0 Å². The van der Waals surface area contributed by atoms with Crippen molar-refractivity contribution in [3.05, 3.63) is 133 Å². The second kappa shape index (κ2) is 13.5. The monoisotopic (exact) mass is 791 g/mol. The first kappa shape index (κ1) is 37.3. The van der Waals surface area contributed by atoms with Crippen molar-refractivity contribution in [1.29, 1.82) is 0 Å². The van der Waals surface area contributed by atoms with Gasteiger partial charge in [-0.3, -0.25) is 39.4 Å². The number of imide groups is 2. The highest BCUT2D eigenvalue weighted by atomic mass is 35.5. The van der Waals surface area contributed by atoms with Gasteiger partial charge < -0.3 is 14.7 Å². The van der Waals surface area contributed by atoms with E-state index >= 15 is 4.79 Å². The number of aromatic hydroxyl groups is 1. The molecule has 8 rings (SSSR count). The Hall–Kier alpha value is -6.61. The smallest absolute Gasteiger partial charge is 0.301 e. The average molecular weight is 792 g/mol. The molecule has 1 N–H and O–H groups in total. The number of carbonyl (C=O) groups is 4. The van der Waals surface area contributed by atoms with Crippen molar-refractivity contribution in [2.24, 2.45) is 23.7 Å². The highest BCUT2D eigenvalue weighted by molar-refractivity contribution is 6.32. The Morgan fingerprint density at radius 1 is 0.825 bits per heavy atom. The molecule has 0 spiro atoms. The topological polar surface area (TPSA) is 194 Å². The summed E-state index contributed by atoms with van der Waals surface area (Å²) < 4.78 is 5.38. The molecule has 0 unspecified atom stereocenters. The number of carbonyl (C=O) groups excluding carboxylic acids is 4. The molecule has 0 aromatic heterocycles. The molecular weight excluding hydrogens is 758 g/mol. The number of fused-ring (bicyclic) bond motifs is 4. The van der Waals surface area contributed by atoms with Crippen LogP contribution in [0.25, 0.3) is 0 Å². The number of nitrogens with zero attached hydrogens (tertiary/aromatic N) is 5. The summed E-state index contributed by atoms with van der Waals surface area (Å²) in [6.07, 6.45) is 1.72. The number of nitro groups is 2. The lowest BCUT2D eigenvalue weighted by Crippen LogP contribution is -2.53. The number of phenols is 1. The van der Waals surface area contributed by atoms with Gasteiger partial charge in [-0.25, -0.2) is 9.80 Å². The molecule has 16 heteroatoms. The third kappa shape index (κ3) is 5.39. The van der Waals surface area contributed by atoms with E-state index in [4.69, 9.17) is 16.3 Å². The minimum absolute atomic E-state index is 0.000633. The highest BCUT2D eigenvalue weighted by Crippen LogP contribution is 2.65. The number of amides is 4. The number of nitro benzene ring substituents is 2. The lowest BCUT2D eigenvalue weighted by Gasteiger charge is -2.50. The Labute approximate surface area is 330 Å². The summed E-state index contributed by atoms with van der Waals surface area (Å²) in [5, 5.41) is 36.5. The molecule has 1 saturated carbocycles. The van der Waals surface area contributed by atoms with Crippen LogP contribution in [0.5, 0.6) is 11.5 Å². The maximum absolute atomic E-state index is 15.4. The van der Waals surface area contributed by atoms with Gasteiger partial charge in [-0.1, -0.05) is 65.7 Å². The van der Waals surface area contributed by atoms with Crippen LogP contribution in [0.3, 0.4) is 0 Å². The van der Waals surface area contributed by atoms with E-state index in [-0.39, 0.29) is 46.2 Å². The highest BCUT2D eigenvalue weighted by Gasteiger charge is 2.70. The van der Waals surface area contributed by atoms with Crippen LogP contribution >= 0.6 is 11.6 Å². The van der Waals surface area contributed by atoms with Crippen molar-refractivity contribution >= 4 is 63.7 Å². The van der Waals surface area contributed by atoms with E-state index in [2.05, 4.69) is 0 Å². The Kier molecular flexibility index (Phi) is 8.87. The van der Waals surface area contributed by atoms with E-state index < -0.39 is 79.9 Å². The summed E-state index contributed by atoms with van der Waals surface area (Å²) in [5.41, 5.74) is -2.08. The number of anilines is 3. The minimum Gasteiger partial charge on any atom is -0.508 e. The number of hydrogen-bond donors (Lipinski definition) is 1. The van der Waals surface area contributed by atoms with Gasteiger partial charge in [0.25, 0.3) is 0 Å². The van der Waals surface area contributed by atoms with Crippen LogP contribution < -0.4 is 19.4 Å². The zero-order chi connectivity index (χ0) is 40.7. The fraction of sp³-hybridized carbons (Fsp3) is 0.268. The van der Waals surface area contributed by atoms with Crippen molar-refractivity contribution in [2.45, 2.75) is 24.2 Å². The zero-order valence-corrected chi connectivity index (χ0v) is 31.5. The van der Waals surface area contributed by atoms with Crippen LogP contribution in [0, 0.1) is 43.9 Å². The third-order valence-corrected chi connectivity index (χ3v) is 12.1. The molecule has 2 aliphatic carbocycles. The van der Waals surface area contributed by atoms with Crippen molar-refractivity contribution in [1.82, 2.24) is 0 Å². The second-order valence-electron chi connectivity index (χ2n) is 14.8. The molecule has 0 bridgehead atoms. The standard InChI is InChI=1S/C41H34ClN5O10/c1-43(2)36-31(46(53)54)17-24(18-32(36)47(55)56)44-37(49)28-15-14-26-29(34(28)39(44)51)20-30-38(50)45(23-11-7-10-22(42)16-23)40(52)41(30,21-8-5-4-6-9-21)35(26)27-13-12-25(57-3)19-33(27)48/h4-14,16-19,28-30,34-35,48H,15,20H2,1-3H3/t28-,29+,30-,34-,35+,41+/m0/s1. The SMILES string of the molecule is COc1ccc([C@H]2C3=CC[C@@H]4C(=O)N(c5cc([N+](=O)[O-])c(N(C)C)c([N+](=O)[O-])c5)C(=O)[C@@H]4[C@@H]3C[C@H]3C(=O)N(c4cccc(Cl)c4)C(=O)[C@@]23c2ccccc2)c(O)c1. The normalized spacial score (nSPS) is 25.1. The molecule has 4 amide bonds. The van der Waals surface area contributed by atoms with Crippen LogP contribution in [0.15, 0.2) is 96.6 Å². The molecule has 2 aliphatic heterocycles. The fourth-order valence-corrected chi connectivity index (χ4v) is 9.88. The molecule has 6 atom stereocenters. The van der Waals surface area contributed by atoms with Crippen LogP contribution in [0.1, 0.15) is 29.9 Å². The summed E-state index contributed by atoms with van der Waals surface area (Å²) in [4.78, 5) is 85.4. The number of hydrogen-bond acceptors (Lipinski definition) is 11. The lowest BCUT2D eigenvalue weighted by molar-refractivity contribution is -0.392. The summed E-state index contributed by atoms with van der Waals surface area (Å²) in [5.74, 6) is -7.63. The van der Waals surface area contributed by atoms with Gasteiger partial charge >= 0.3 is 11.4 Å². The van der Waals surface area contributed by atoms with Gasteiger partial charge in [-0.05, 0) is 48.6 Å². The third-order valence-electron chi connectivity index (χ3n) is 11.9. The molecule has 57 heavy (non-hydrogen) atoms. The van der Waals surface area contributed by atoms with Gasteiger partial charge in [-0.15, -0.1) is 0 Å². The second-order valence-corrected chi connectivity index (χ2v) is 15.2. The van der Waals surface area contributed by atoms with Gasteiger partial charge in [0.05, 0.1) is 51.5 Å². The van der Waals surface area contributed by atoms with Crippen molar-refractivity contribution in [2.75, 3.05) is 35.9 Å². The van der Waals surface area contributed by atoms with Crippen molar-refractivity contribution in [3.63, 3.8) is 0 Å². The van der Waals surface area contributed by atoms with E-state index in [1.165, 1.54) is 38.2 Å². The van der Waals surface area contributed by atoms with Gasteiger partial charge in [0.15, 0.2) is 5.69 Å². The van der Waals surface area contributed by atoms with Crippen molar-refractivity contribution in [3.8, 4) is 11.5 Å². The van der Waals surface area contributed by atoms with E-state index in [0.29, 0.717) is 16.9 Å². The summed E-state index contributed by atoms with van der Waals surface area (Å²) in [6, 6.07) is 21.7. The molecule has 2 heterocycles. The van der Waals surface area contributed by atoms with Crippen LogP contribution in [0.2, 0.25) is 5.02 Å². The van der Waals surface area contributed by atoms with Crippen LogP contribution in [-0.4, -0.2) is 59.8 Å². The first-order valence-corrected chi connectivity index (χ1v) is 18.4. The van der Waals surface area contributed by atoms with Crippen LogP contribution in [-0.2, 0) is 24.6 Å². The van der Waals surface area contributed by atoms with Gasteiger partial charge in [0, 0.05) is 48.8 Å². The average Bonchev–Trinajstić information content (AvgIpc) is 3.58. The Morgan fingerprint density at radius 2 is 1.51 bits per heavy atom. The predicted octanol–water partition coefficient (Wildman–Crippen LogP) is 6.30. The Bertz CT molecular complexity index is 2440. The summed E-state index contributed by atoms with van der Waals surface area (Å²) in [7, 11) is 4.24. The maximum atomic E-state index is 15.4. The van der Waals surface area contributed by atoms with Crippen LogP contribution in [0.4, 0.5) is 28.4 Å². The predicted molar refractivity (Wildman–Crippen MR) is 207 cm³/mol. The van der Waals surface area contributed by atoms with Crippen molar-refractivity contribution < 1.29 is 38.9 Å². The molecule has 3 fully saturated rings. The quantitative estimate of drug-likeness (QED) is 0.0911. The Morgan fingerprint density at radius 3 is 2.11 bits per heavy atom. The number of benzene rings is 4. The number of methoxy groups -OCH3 is 1. The molecular formula is C41H34ClN5O10. The largest absolute Gasteiger partial charge is 0.508 e. The zero-order valence-electron chi connectivity index (χ0n) is 30.7. The molecule has 15 nitrogen and oxygen atoms in total. The lowest BCUT2D eigenvalue weighted by atomic mass is 9.49. The molecule has 0 radical (unpaired) electrons. The Balaban J connectivity index is 1.33. The van der Waals surface area contributed by atoms with E-state index in [0.717, 1.165) is 21.9 Å². The summed E-state index contributed by atoms with van der Waals surface area (Å²) >= 11 is 6.38. The molecule has 4 aromatic carbocycles. The fourth-order valence-electron chi connectivity index (χ4n) is 9.69. The number of allylic oxidation sites excluding steroid dienone is 2. The van der Waals surface area contributed by atoms with E-state index in [1.54, 1.807) is 66.7 Å². The first-order chi connectivity index (χ1) is 27.2. The van der Waals surface area contributed by atoms with E-state index in [9.17, 15) is 39.7 Å². The number of ether oxygens (including phenoxy) is 1. The molecule has 4 aliphatic rings.